The summed E-state index contributed by atoms with van der Waals surface area (Å²) in [6, 6.07) is 5.37. The minimum absolute atomic E-state index is 0.102. The molecule has 0 bridgehead atoms. The summed E-state index contributed by atoms with van der Waals surface area (Å²) in [5.41, 5.74) is 0.657. The number of H-pyrrole nitrogens is 1. The lowest BCUT2D eigenvalue weighted by atomic mass is 10.2. The average Bonchev–Trinajstić information content (AvgIpc) is 2.83. The van der Waals surface area contributed by atoms with Gasteiger partial charge in [0.2, 0.25) is 5.16 Å². The number of rotatable bonds is 5. The van der Waals surface area contributed by atoms with Gasteiger partial charge in [-0.25, -0.2) is 9.78 Å². The van der Waals surface area contributed by atoms with Crippen molar-refractivity contribution in [2.24, 2.45) is 0 Å². The molecule has 0 aliphatic rings. The minimum Gasteiger partial charge on any atom is -0.496 e. The Balaban J connectivity index is 2.37. The lowest BCUT2D eigenvalue weighted by Gasteiger charge is -2.06. The van der Waals surface area contributed by atoms with Crippen molar-refractivity contribution >= 4 is 39.7 Å². The number of carboxylic acids is 1. The van der Waals surface area contributed by atoms with Crippen molar-refractivity contribution < 1.29 is 14.6 Å². The van der Waals surface area contributed by atoms with Crippen LogP contribution in [0.5, 0.6) is 5.75 Å². The van der Waals surface area contributed by atoms with Crippen molar-refractivity contribution in [2.45, 2.75) is 12.1 Å². The molecule has 21 heavy (non-hydrogen) atoms. The molecule has 0 spiro atoms. The molecule has 2 rings (SSSR count). The molecule has 1 heterocycles. The van der Waals surface area contributed by atoms with Gasteiger partial charge >= 0.3 is 5.97 Å². The number of aromatic nitrogens is 3. The summed E-state index contributed by atoms with van der Waals surface area (Å²) in [6.45, 7) is 1.75. The predicted octanol–water partition coefficient (Wildman–Crippen LogP) is 3.10. The lowest BCUT2D eigenvalue weighted by Crippen LogP contribution is -1.98. The maximum atomic E-state index is 11.4. The monoisotopic (exact) mass is 369 g/mol. The minimum atomic E-state index is -1.05. The molecule has 6 nitrogen and oxygen atoms in total. The molecule has 0 radical (unpaired) electrons. The van der Waals surface area contributed by atoms with E-state index in [1.807, 2.05) is 6.07 Å². The fourth-order valence-electron chi connectivity index (χ4n) is 1.56. The molecule has 0 saturated carbocycles. The fraction of sp³-hybridized carbons (Fsp3) is 0.154. The van der Waals surface area contributed by atoms with Crippen LogP contribution in [0.25, 0.3) is 6.08 Å². The first-order chi connectivity index (χ1) is 9.99. The van der Waals surface area contributed by atoms with Crippen molar-refractivity contribution in [3.63, 3.8) is 0 Å². The molecule has 110 valence electrons. The highest BCUT2D eigenvalue weighted by Gasteiger charge is 2.14. The summed E-state index contributed by atoms with van der Waals surface area (Å²) >= 11 is 4.33. The molecule has 0 fully saturated rings. The Bertz CT molecular complexity index is 700. The summed E-state index contributed by atoms with van der Waals surface area (Å²) in [5.74, 6) is 0.162. The Kier molecular flexibility index (Phi) is 5.03. The van der Waals surface area contributed by atoms with Crippen molar-refractivity contribution in [3.8, 4) is 5.75 Å². The quantitative estimate of drug-likeness (QED) is 0.621. The van der Waals surface area contributed by atoms with Crippen LogP contribution in [0.3, 0.4) is 0 Å². The third-order valence-electron chi connectivity index (χ3n) is 2.47. The number of hydrogen-bond acceptors (Lipinski definition) is 5. The molecule has 0 unspecified atom stereocenters. The summed E-state index contributed by atoms with van der Waals surface area (Å²) < 4.78 is 6.06. The van der Waals surface area contributed by atoms with E-state index in [1.165, 1.54) is 13.2 Å². The normalized spacial score (nSPS) is 11.5. The van der Waals surface area contributed by atoms with E-state index in [0.717, 1.165) is 16.2 Å². The molecule has 1 aromatic carbocycles. The number of aliphatic carboxylic acids is 1. The van der Waals surface area contributed by atoms with E-state index >= 15 is 0 Å². The molecule has 0 saturated heterocycles. The maximum absolute atomic E-state index is 11.4. The molecule has 8 heteroatoms. The number of carbonyl (C=O) groups is 1. The topological polar surface area (TPSA) is 88.1 Å². The zero-order valence-corrected chi connectivity index (χ0v) is 13.7. The van der Waals surface area contributed by atoms with E-state index in [0.29, 0.717) is 22.3 Å². The second-order valence-corrected chi connectivity index (χ2v) is 5.93. The Labute approximate surface area is 133 Å². The van der Waals surface area contributed by atoms with E-state index in [4.69, 9.17) is 4.74 Å². The highest BCUT2D eigenvalue weighted by molar-refractivity contribution is 9.10. The van der Waals surface area contributed by atoms with Crippen LogP contribution in [0.15, 0.2) is 32.7 Å². The van der Waals surface area contributed by atoms with Crippen LogP contribution < -0.4 is 4.74 Å². The first kappa shape index (κ1) is 15.6. The van der Waals surface area contributed by atoms with E-state index in [2.05, 4.69) is 31.1 Å². The third-order valence-corrected chi connectivity index (χ3v) is 3.84. The van der Waals surface area contributed by atoms with Gasteiger partial charge in [0.1, 0.15) is 16.5 Å². The van der Waals surface area contributed by atoms with Gasteiger partial charge in [-0.1, -0.05) is 15.9 Å². The van der Waals surface area contributed by atoms with Crippen molar-refractivity contribution in [1.29, 1.82) is 0 Å². The van der Waals surface area contributed by atoms with Crippen molar-refractivity contribution in [1.82, 2.24) is 15.2 Å². The van der Waals surface area contributed by atoms with E-state index in [1.54, 1.807) is 19.1 Å². The van der Waals surface area contributed by atoms with Crippen LogP contribution in [0.4, 0.5) is 0 Å². The van der Waals surface area contributed by atoms with Gasteiger partial charge in [0, 0.05) is 10.0 Å². The van der Waals surface area contributed by atoms with Gasteiger partial charge in [-0.2, -0.15) is 0 Å². The van der Waals surface area contributed by atoms with Gasteiger partial charge in [0.25, 0.3) is 0 Å². The van der Waals surface area contributed by atoms with Crippen LogP contribution in [-0.4, -0.2) is 33.4 Å². The van der Waals surface area contributed by atoms with Crippen LogP contribution in [0, 0.1) is 6.92 Å². The first-order valence-electron chi connectivity index (χ1n) is 5.85. The highest BCUT2D eigenvalue weighted by Crippen LogP contribution is 2.30. The Morgan fingerprint density at radius 2 is 2.29 bits per heavy atom. The number of methoxy groups -OCH3 is 1. The molecular weight excluding hydrogens is 358 g/mol. The maximum Gasteiger partial charge on any atom is 0.342 e. The number of halogens is 1. The zero-order valence-electron chi connectivity index (χ0n) is 11.3. The van der Waals surface area contributed by atoms with Gasteiger partial charge in [-0.3, -0.25) is 5.10 Å². The van der Waals surface area contributed by atoms with Crippen molar-refractivity contribution in [3.05, 3.63) is 39.0 Å². The predicted molar refractivity (Wildman–Crippen MR) is 83.3 cm³/mol. The number of ether oxygens (including phenoxy) is 1. The molecule has 0 aliphatic carbocycles. The number of aromatic amines is 1. The van der Waals surface area contributed by atoms with Crippen molar-refractivity contribution in [2.75, 3.05) is 7.11 Å². The second-order valence-electron chi connectivity index (χ2n) is 4.01. The number of nitrogens with one attached hydrogen (secondary N) is 1. The lowest BCUT2D eigenvalue weighted by molar-refractivity contribution is -0.131. The van der Waals surface area contributed by atoms with Gasteiger partial charge < -0.3 is 9.84 Å². The average molecular weight is 370 g/mol. The molecule has 0 aliphatic heterocycles. The van der Waals surface area contributed by atoms with Gasteiger partial charge in [-0.15, -0.1) is 5.10 Å². The Morgan fingerprint density at radius 3 is 2.86 bits per heavy atom. The number of aryl methyl sites for hydroxylation is 1. The van der Waals surface area contributed by atoms with E-state index < -0.39 is 5.97 Å². The molecule has 0 atom stereocenters. The van der Waals surface area contributed by atoms with Gasteiger partial charge in [0.05, 0.1) is 7.11 Å². The van der Waals surface area contributed by atoms with E-state index in [-0.39, 0.29) is 4.91 Å². The fourth-order valence-corrected chi connectivity index (χ4v) is 2.68. The van der Waals surface area contributed by atoms with E-state index in [9.17, 15) is 9.90 Å². The van der Waals surface area contributed by atoms with Gasteiger partial charge in [0.15, 0.2) is 0 Å². The first-order valence-corrected chi connectivity index (χ1v) is 7.46. The number of carboxylic acid groups (broad SMARTS) is 1. The van der Waals surface area contributed by atoms with Crippen LogP contribution in [0.2, 0.25) is 0 Å². The molecular formula is C13H12BrN3O3S. The smallest absolute Gasteiger partial charge is 0.342 e. The van der Waals surface area contributed by atoms with Crippen LogP contribution >= 0.6 is 27.7 Å². The van der Waals surface area contributed by atoms with Gasteiger partial charge in [-0.05, 0) is 43.0 Å². The largest absolute Gasteiger partial charge is 0.496 e. The SMILES string of the molecule is COc1ccc(Br)cc1/C=C(\Sc1n[nH]c(C)n1)C(=O)O. The van der Waals surface area contributed by atoms with Crippen LogP contribution in [-0.2, 0) is 4.79 Å². The summed E-state index contributed by atoms with van der Waals surface area (Å²) in [5, 5.41) is 16.3. The van der Waals surface area contributed by atoms with Crippen LogP contribution in [0.1, 0.15) is 11.4 Å². The summed E-state index contributed by atoms with van der Waals surface area (Å²) in [6.07, 6.45) is 1.53. The third kappa shape index (κ3) is 4.08. The Morgan fingerprint density at radius 1 is 1.52 bits per heavy atom. The molecule has 2 N–H and O–H groups in total. The second kappa shape index (κ2) is 6.77. The summed E-state index contributed by atoms with van der Waals surface area (Å²) in [4.78, 5) is 15.6. The number of benzene rings is 1. The number of thioether (sulfide) groups is 1. The molecule has 2 aromatic rings. The summed E-state index contributed by atoms with van der Waals surface area (Å²) in [7, 11) is 1.53. The molecule has 1 aromatic heterocycles. The zero-order chi connectivity index (χ0) is 15.4. The molecule has 0 amide bonds. The standard InChI is InChI=1S/C13H12BrN3O3S/c1-7-15-13(17-16-7)21-11(12(18)19)6-8-5-9(14)3-4-10(8)20-2/h3-6H,1-2H3,(H,18,19)(H,15,16,17)/b11-6-. The Hall–Kier alpha value is -1.80. The number of hydrogen-bond donors (Lipinski definition) is 2. The highest BCUT2D eigenvalue weighted by atomic mass is 79.9. The number of nitrogens with zero attached hydrogens (tertiary/aromatic N) is 2.